The summed E-state index contributed by atoms with van der Waals surface area (Å²) in [6.07, 6.45) is -4.88. The third-order valence-electron chi connectivity index (χ3n) is 0.782. The van der Waals surface area contributed by atoms with Crippen LogP contribution in [0.15, 0.2) is 0 Å². The van der Waals surface area contributed by atoms with E-state index >= 15 is 0 Å². The molecule has 2 unspecified atom stereocenters. The predicted octanol–water partition coefficient (Wildman–Crippen LogP) is -10.8. The molecule has 0 fully saturated rings. The summed E-state index contributed by atoms with van der Waals surface area (Å²) in [4.78, 5) is 19.3. The van der Waals surface area contributed by atoms with E-state index in [2.05, 4.69) is 0 Å². The van der Waals surface area contributed by atoms with Crippen molar-refractivity contribution in [2.24, 2.45) is 0 Å². The molecule has 0 aromatic carbocycles. The number of carbonyl (C=O) groups is 2. The molecule has 0 aliphatic heterocycles. The van der Waals surface area contributed by atoms with Gasteiger partial charge in [-0.15, -0.1) is 0 Å². The molecule has 58 valence electrons. The second-order valence-electron chi connectivity index (χ2n) is 1.53. The van der Waals surface area contributed by atoms with Gasteiger partial charge in [-0.1, -0.05) is 0 Å². The Morgan fingerprint density at radius 2 is 1.08 bits per heavy atom. The molecule has 0 rings (SSSR count). The van der Waals surface area contributed by atoms with E-state index < -0.39 is 24.1 Å². The fraction of sp³-hybridized carbons (Fsp3) is 0.500. The van der Waals surface area contributed by atoms with Crippen molar-refractivity contribution in [1.29, 1.82) is 0 Å². The van der Waals surface area contributed by atoms with Crippen molar-refractivity contribution in [3.8, 4) is 0 Å². The van der Waals surface area contributed by atoms with Crippen LogP contribution in [0.25, 0.3) is 0 Å². The first-order valence-electron chi connectivity index (χ1n) is 2.24. The molecule has 0 aromatic heterocycles. The summed E-state index contributed by atoms with van der Waals surface area (Å²) in [7, 11) is 0. The minimum Gasteiger partial charge on any atom is -0.547 e. The fourth-order valence-corrected chi connectivity index (χ4v) is 0.258. The number of aliphatic hydroxyl groups excluding tert-OH is 2. The van der Waals surface area contributed by atoms with Crippen LogP contribution in [0.2, 0.25) is 0 Å². The van der Waals surface area contributed by atoms with Crippen LogP contribution in [-0.2, 0) is 9.59 Å². The molecule has 0 amide bonds. The van der Waals surface area contributed by atoms with Crippen LogP contribution in [0.3, 0.4) is 0 Å². The van der Waals surface area contributed by atoms with Crippen molar-refractivity contribution in [3.05, 3.63) is 0 Å². The summed E-state index contributed by atoms with van der Waals surface area (Å²) >= 11 is 0. The van der Waals surface area contributed by atoms with Crippen molar-refractivity contribution in [2.75, 3.05) is 0 Å². The Morgan fingerprint density at radius 1 is 0.917 bits per heavy atom. The van der Waals surface area contributed by atoms with Crippen LogP contribution >= 0.6 is 0 Å². The molecule has 0 saturated heterocycles. The molecule has 0 spiro atoms. The van der Waals surface area contributed by atoms with Crippen LogP contribution < -0.4 is 127 Å². The van der Waals surface area contributed by atoms with E-state index in [0.29, 0.717) is 0 Å². The Bertz CT molecular complexity index is 142. The number of aliphatic carboxylic acids is 2. The third-order valence-corrected chi connectivity index (χ3v) is 0.782. The van der Waals surface area contributed by atoms with Gasteiger partial charge in [-0.05, 0) is 0 Å². The first-order chi connectivity index (χ1) is 4.46. The van der Waals surface area contributed by atoms with Gasteiger partial charge in [0.2, 0.25) is 0 Å². The minimum atomic E-state index is -2.44. The maximum absolute atomic E-state index is 9.63. The number of carboxylic acids is 2. The van der Waals surface area contributed by atoms with Gasteiger partial charge >= 0.3 is 116 Å². The van der Waals surface area contributed by atoms with Gasteiger partial charge in [-0.2, -0.15) is 0 Å². The van der Waals surface area contributed by atoms with Crippen LogP contribution in [0.1, 0.15) is 0 Å². The third kappa shape index (κ3) is 7.84. The van der Waals surface area contributed by atoms with Gasteiger partial charge in [-0.3, -0.25) is 0 Å². The molecule has 0 radical (unpaired) electrons. The van der Waals surface area contributed by atoms with Crippen molar-refractivity contribution in [2.45, 2.75) is 12.2 Å². The van der Waals surface area contributed by atoms with Gasteiger partial charge in [-0.25, -0.2) is 0 Å². The van der Waals surface area contributed by atoms with E-state index in [0.717, 1.165) is 0 Å². The Morgan fingerprint density at radius 3 is 1.17 bits per heavy atom. The van der Waals surface area contributed by atoms with Crippen molar-refractivity contribution in [1.82, 2.24) is 0 Å². The second kappa shape index (κ2) is 10.0. The standard InChI is InChI=1S/C4H6O6.2Rb/c5-1(3(7)8)2(6)4(9)10;;/h1-2,5-6H,(H,7,8)(H,9,10);;/q;2*+1/p-2. The molecule has 0 aliphatic carbocycles. The zero-order valence-electron chi connectivity index (χ0n) is 6.68. The first-order valence-corrected chi connectivity index (χ1v) is 2.24. The summed E-state index contributed by atoms with van der Waals surface area (Å²) < 4.78 is 0. The molecule has 8 heteroatoms. The summed E-state index contributed by atoms with van der Waals surface area (Å²) in [6, 6.07) is 0. The Balaban J connectivity index is -0.000000405. The number of aliphatic hydroxyl groups is 2. The number of carboxylic acid groups (broad SMARTS) is 2. The molecule has 0 bridgehead atoms. The van der Waals surface area contributed by atoms with Gasteiger partial charge < -0.3 is 30.0 Å². The van der Waals surface area contributed by atoms with Crippen LogP contribution in [-0.4, -0.2) is 34.4 Å². The predicted molar refractivity (Wildman–Crippen MR) is 22.0 cm³/mol. The summed E-state index contributed by atoms with van der Waals surface area (Å²) in [5, 5.41) is 35.7. The maximum Gasteiger partial charge on any atom is 1.00 e. The summed E-state index contributed by atoms with van der Waals surface area (Å²) in [5.74, 6) is -4.12. The Kier molecular flexibility index (Phi) is 16.6. The van der Waals surface area contributed by atoms with Crippen molar-refractivity contribution in [3.63, 3.8) is 0 Å². The van der Waals surface area contributed by atoms with Gasteiger partial charge in [0.25, 0.3) is 0 Å². The summed E-state index contributed by atoms with van der Waals surface area (Å²) in [5.41, 5.74) is 0. The number of hydrogen-bond acceptors (Lipinski definition) is 6. The van der Waals surface area contributed by atoms with E-state index in [9.17, 15) is 19.8 Å². The largest absolute Gasteiger partial charge is 1.00 e. The van der Waals surface area contributed by atoms with Crippen LogP contribution in [0.4, 0.5) is 0 Å². The number of carbonyl (C=O) groups excluding carboxylic acids is 2. The average molecular weight is 319 g/mol. The van der Waals surface area contributed by atoms with Crippen LogP contribution in [0.5, 0.6) is 0 Å². The SMILES string of the molecule is O=C([O-])C(O)C(O)C(=O)[O-].[Rb+].[Rb+]. The minimum absolute atomic E-state index is 0. The quantitative estimate of drug-likeness (QED) is 0.533. The maximum atomic E-state index is 9.63. The molecule has 0 heterocycles. The molecule has 2 atom stereocenters. The van der Waals surface area contributed by atoms with E-state index in [1.807, 2.05) is 0 Å². The zero-order valence-corrected chi connectivity index (χ0v) is 16.5. The Hall–Kier alpha value is 2.47. The topological polar surface area (TPSA) is 121 Å². The van der Waals surface area contributed by atoms with E-state index in [1.54, 1.807) is 0 Å². The van der Waals surface area contributed by atoms with Crippen molar-refractivity contribution < 1.29 is 146 Å². The number of rotatable bonds is 3. The smallest absolute Gasteiger partial charge is 0.547 e. The van der Waals surface area contributed by atoms with Crippen LogP contribution in [0, 0.1) is 0 Å². The van der Waals surface area contributed by atoms with E-state index in [1.165, 1.54) is 0 Å². The fourth-order valence-electron chi connectivity index (χ4n) is 0.258. The second-order valence-corrected chi connectivity index (χ2v) is 1.53. The normalized spacial score (nSPS) is 13.2. The molecule has 12 heavy (non-hydrogen) atoms. The monoisotopic (exact) mass is 318 g/mol. The molecular weight excluding hydrogens is 315 g/mol. The average Bonchev–Trinajstić information content (AvgIpc) is 1.84. The molecule has 0 aliphatic rings. The first kappa shape index (κ1) is 20.0. The molecule has 2 N–H and O–H groups in total. The number of hydrogen-bond donors (Lipinski definition) is 2. The van der Waals surface area contributed by atoms with Gasteiger partial charge in [0.05, 0.1) is 11.9 Å². The van der Waals surface area contributed by atoms with E-state index in [-0.39, 0.29) is 116 Å². The molecule has 0 saturated carbocycles. The van der Waals surface area contributed by atoms with Gasteiger partial charge in [0.1, 0.15) is 12.2 Å². The zero-order chi connectivity index (χ0) is 8.31. The molecule has 0 aromatic rings. The van der Waals surface area contributed by atoms with Crippen molar-refractivity contribution >= 4 is 11.9 Å². The van der Waals surface area contributed by atoms with E-state index in [4.69, 9.17) is 10.2 Å². The summed E-state index contributed by atoms with van der Waals surface area (Å²) in [6.45, 7) is 0. The molecule has 6 nitrogen and oxygen atoms in total. The molecular formula is C4H4O6Rb2. The van der Waals surface area contributed by atoms with Gasteiger partial charge in [0.15, 0.2) is 0 Å². The Labute approximate surface area is 166 Å². The van der Waals surface area contributed by atoms with Gasteiger partial charge in [0, 0.05) is 0 Å².